The van der Waals surface area contributed by atoms with Gasteiger partial charge in [-0.25, -0.2) is 0 Å². The van der Waals surface area contributed by atoms with Gasteiger partial charge in [0.05, 0.1) is 0 Å². The molecule has 1 atom stereocenters. The summed E-state index contributed by atoms with van der Waals surface area (Å²) in [6, 6.07) is 8.34. The molecule has 16 heavy (non-hydrogen) atoms. The molecule has 1 aromatic rings. The van der Waals surface area contributed by atoms with Crippen molar-refractivity contribution in [3.63, 3.8) is 0 Å². The van der Waals surface area contributed by atoms with E-state index in [1.807, 2.05) is 12.1 Å². The fourth-order valence-corrected chi connectivity index (χ4v) is 2.94. The van der Waals surface area contributed by atoms with Gasteiger partial charge < -0.3 is 5.32 Å². The summed E-state index contributed by atoms with van der Waals surface area (Å²) in [7, 11) is 0. The molecule has 0 spiro atoms. The summed E-state index contributed by atoms with van der Waals surface area (Å²) in [5, 5.41) is 4.51. The van der Waals surface area contributed by atoms with Crippen molar-refractivity contribution in [1.29, 1.82) is 0 Å². The summed E-state index contributed by atoms with van der Waals surface area (Å²) < 4.78 is 0. The molecule has 1 unspecified atom stereocenters. The topological polar surface area (TPSA) is 12.0 Å². The Morgan fingerprint density at radius 3 is 2.50 bits per heavy atom. The summed E-state index contributed by atoms with van der Waals surface area (Å²) in [6.45, 7) is 5.71. The van der Waals surface area contributed by atoms with E-state index in [1.165, 1.54) is 24.8 Å². The molecular weight excluding hydrogens is 218 g/mol. The monoisotopic (exact) mass is 237 g/mol. The zero-order valence-corrected chi connectivity index (χ0v) is 10.8. The quantitative estimate of drug-likeness (QED) is 0.839. The van der Waals surface area contributed by atoms with Crippen molar-refractivity contribution in [3.05, 3.63) is 34.9 Å². The van der Waals surface area contributed by atoms with E-state index >= 15 is 0 Å². The van der Waals surface area contributed by atoms with E-state index in [-0.39, 0.29) is 5.54 Å². The summed E-state index contributed by atoms with van der Waals surface area (Å²) in [4.78, 5) is 0. The van der Waals surface area contributed by atoms with Crippen LogP contribution in [0.15, 0.2) is 24.3 Å². The van der Waals surface area contributed by atoms with Crippen LogP contribution in [0.1, 0.15) is 38.7 Å². The van der Waals surface area contributed by atoms with Gasteiger partial charge in [0, 0.05) is 10.6 Å². The third-order valence-corrected chi connectivity index (χ3v) is 3.65. The zero-order valence-electron chi connectivity index (χ0n) is 10.1. The zero-order chi connectivity index (χ0) is 11.6. The Kier molecular flexibility index (Phi) is 3.56. The van der Waals surface area contributed by atoms with Crippen LogP contribution in [0.5, 0.6) is 0 Å². The number of hydrogen-bond donors (Lipinski definition) is 1. The Balaban J connectivity index is 2.28. The van der Waals surface area contributed by atoms with Gasteiger partial charge in [-0.3, -0.25) is 0 Å². The maximum atomic E-state index is 5.95. The van der Waals surface area contributed by atoms with Gasteiger partial charge in [-0.2, -0.15) is 0 Å². The van der Waals surface area contributed by atoms with Crippen molar-refractivity contribution in [3.8, 4) is 0 Å². The molecule has 0 aromatic heterocycles. The predicted molar refractivity (Wildman–Crippen MR) is 69.8 cm³/mol. The third-order valence-electron chi connectivity index (χ3n) is 3.40. The smallest absolute Gasteiger partial charge is 0.0437 e. The maximum absolute atomic E-state index is 5.95. The van der Waals surface area contributed by atoms with Crippen LogP contribution in [0.4, 0.5) is 0 Å². The van der Waals surface area contributed by atoms with Gasteiger partial charge in [-0.05, 0) is 49.4 Å². The summed E-state index contributed by atoms with van der Waals surface area (Å²) >= 11 is 5.95. The molecule has 0 aliphatic carbocycles. The van der Waals surface area contributed by atoms with Crippen molar-refractivity contribution < 1.29 is 0 Å². The highest BCUT2D eigenvalue weighted by Crippen LogP contribution is 2.37. The largest absolute Gasteiger partial charge is 0.307 e. The van der Waals surface area contributed by atoms with E-state index in [0.717, 1.165) is 11.6 Å². The van der Waals surface area contributed by atoms with Crippen LogP contribution in [0.3, 0.4) is 0 Å². The molecule has 1 heterocycles. The van der Waals surface area contributed by atoms with Crippen molar-refractivity contribution >= 4 is 11.6 Å². The molecule has 0 saturated carbocycles. The average molecular weight is 238 g/mol. The Morgan fingerprint density at radius 2 is 2.00 bits per heavy atom. The molecule has 1 N–H and O–H groups in total. The fourth-order valence-electron chi connectivity index (χ4n) is 2.81. The van der Waals surface area contributed by atoms with Gasteiger partial charge in [0.1, 0.15) is 0 Å². The molecule has 1 saturated heterocycles. The first-order valence-electron chi connectivity index (χ1n) is 6.13. The lowest BCUT2D eigenvalue weighted by Crippen LogP contribution is -2.38. The minimum atomic E-state index is 0.193. The average Bonchev–Trinajstić information content (AvgIpc) is 2.67. The Morgan fingerprint density at radius 1 is 1.31 bits per heavy atom. The first kappa shape index (κ1) is 11.9. The SMILES string of the molecule is CC(C)CC1(c2ccc(Cl)cc2)CCCN1. The van der Waals surface area contributed by atoms with Crippen molar-refractivity contribution in [2.75, 3.05) is 6.54 Å². The molecule has 1 aliphatic rings. The highest BCUT2D eigenvalue weighted by Gasteiger charge is 2.35. The van der Waals surface area contributed by atoms with Gasteiger partial charge in [-0.15, -0.1) is 0 Å². The first-order chi connectivity index (χ1) is 7.62. The van der Waals surface area contributed by atoms with Crippen LogP contribution in [-0.4, -0.2) is 6.54 Å². The van der Waals surface area contributed by atoms with Crippen LogP contribution in [-0.2, 0) is 5.54 Å². The highest BCUT2D eigenvalue weighted by atomic mass is 35.5. The van der Waals surface area contributed by atoms with Gasteiger partial charge >= 0.3 is 0 Å². The molecule has 0 radical (unpaired) electrons. The minimum absolute atomic E-state index is 0.193. The van der Waals surface area contributed by atoms with Crippen LogP contribution in [0.25, 0.3) is 0 Å². The highest BCUT2D eigenvalue weighted by molar-refractivity contribution is 6.30. The summed E-state index contributed by atoms with van der Waals surface area (Å²) in [5.74, 6) is 0.710. The van der Waals surface area contributed by atoms with E-state index in [0.29, 0.717) is 5.92 Å². The number of rotatable bonds is 3. The molecule has 1 nitrogen and oxygen atoms in total. The van der Waals surface area contributed by atoms with Gasteiger partial charge in [-0.1, -0.05) is 37.6 Å². The molecule has 1 aliphatic heterocycles. The number of hydrogen-bond acceptors (Lipinski definition) is 1. The van der Waals surface area contributed by atoms with E-state index in [4.69, 9.17) is 11.6 Å². The standard InChI is InChI=1S/C14H20ClN/c1-11(2)10-14(8-3-9-16-14)12-4-6-13(15)7-5-12/h4-7,11,16H,3,8-10H2,1-2H3. The molecule has 1 aromatic carbocycles. The normalized spacial score (nSPS) is 25.2. The molecule has 2 rings (SSSR count). The van der Waals surface area contributed by atoms with E-state index < -0.39 is 0 Å². The number of halogens is 1. The van der Waals surface area contributed by atoms with Crippen LogP contribution in [0.2, 0.25) is 5.02 Å². The second kappa shape index (κ2) is 4.77. The first-order valence-corrected chi connectivity index (χ1v) is 6.51. The Labute approximate surface area is 103 Å². The molecule has 0 bridgehead atoms. The Hall–Kier alpha value is -0.530. The lowest BCUT2D eigenvalue weighted by atomic mass is 9.81. The van der Waals surface area contributed by atoms with Crippen LogP contribution < -0.4 is 5.32 Å². The Bertz CT molecular complexity index is 336. The van der Waals surface area contributed by atoms with Gasteiger partial charge in [0.25, 0.3) is 0 Å². The summed E-state index contributed by atoms with van der Waals surface area (Å²) in [6.07, 6.45) is 3.72. The van der Waals surface area contributed by atoms with Gasteiger partial charge in [0.15, 0.2) is 0 Å². The molecule has 0 amide bonds. The van der Waals surface area contributed by atoms with E-state index in [2.05, 4.69) is 31.3 Å². The third kappa shape index (κ3) is 2.41. The van der Waals surface area contributed by atoms with E-state index in [9.17, 15) is 0 Å². The minimum Gasteiger partial charge on any atom is -0.307 e. The lowest BCUT2D eigenvalue weighted by molar-refractivity contribution is 0.311. The van der Waals surface area contributed by atoms with Crippen LogP contribution >= 0.6 is 11.6 Å². The number of nitrogens with one attached hydrogen (secondary N) is 1. The van der Waals surface area contributed by atoms with Crippen molar-refractivity contribution in [2.24, 2.45) is 5.92 Å². The predicted octanol–water partition coefficient (Wildman–Crippen LogP) is 3.96. The summed E-state index contributed by atoms with van der Waals surface area (Å²) in [5.41, 5.74) is 1.58. The van der Waals surface area contributed by atoms with Crippen LogP contribution in [0, 0.1) is 5.92 Å². The molecule has 2 heteroatoms. The van der Waals surface area contributed by atoms with Crippen molar-refractivity contribution in [1.82, 2.24) is 5.32 Å². The lowest BCUT2D eigenvalue weighted by Gasteiger charge is -2.32. The second-order valence-corrected chi connectivity index (χ2v) is 5.65. The maximum Gasteiger partial charge on any atom is 0.0437 e. The molecule has 1 fully saturated rings. The number of benzene rings is 1. The van der Waals surface area contributed by atoms with E-state index in [1.54, 1.807) is 0 Å². The second-order valence-electron chi connectivity index (χ2n) is 5.22. The molecular formula is C14H20ClN. The van der Waals surface area contributed by atoms with Gasteiger partial charge in [0.2, 0.25) is 0 Å². The fraction of sp³-hybridized carbons (Fsp3) is 0.571. The van der Waals surface area contributed by atoms with Crippen molar-refractivity contribution in [2.45, 2.75) is 38.6 Å². The molecule has 88 valence electrons.